The second-order valence-corrected chi connectivity index (χ2v) is 5.10. The van der Waals surface area contributed by atoms with Crippen molar-refractivity contribution < 1.29 is 21.7 Å². The van der Waals surface area contributed by atoms with Gasteiger partial charge in [0.15, 0.2) is 0 Å². The molecule has 4 radical (unpaired) electrons. The van der Waals surface area contributed by atoms with E-state index in [9.17, 15) is 0 Å². The third-order valence-electron chi connectivity index (χ3n) is 2.91. The van der Waals surface area contributed by atoms with Crippen molar-refractivity contribution in [1.82, 2.24) is 0 Å². The van der Waals surface area contributed by atoms with E-state index in [0.29, 0.717) is 0 Å². The van der Waals surface area contributed by atoms with Crippen LogP contribution >= 0.6 is 24.8 Å². The van der Waals surface area contributed by atoms with E-state index in [1.54, 1.807) is 0 Å². The Morgan fingerprint density at radius 2 is 1.52 bits per heavy atom. The Morgan fingerprint density at radius 3 is 1.96 bits per heavy atom. The van der Waals surface area contributed by atoms with Crippen LogP contribution in [0.1, 0.15) is 6.42 Å². The van der Waals surface area contributed by atoms with Gasteiger partial charge in [0.2, 0.25) is 0 Å². The molecule has 0 N–H and O–H groups in total. The van der Waals surface area contributed by atoms with Gasteiger partial charge in [-0.25, -0.2) is 12.2 Å². The van der Waals surface area contributed by atoms with Crippen LogP contribution in [-0.2, 0) is 21.7 Å². The molecular formula is C21H22Cl2SiTi. The minimum absolute atomic E-state index is 0. The zero-order chi connectivity index (χ0) is 14.8. The number of benzene rings is 2. The van der Waals surface area contributed by atoms with Gasteiger partial charge in [-0.05, 0) is 0 Å². The van der Waals surface area contributed by atoms with Crippen LogP contribution in [0.15, 0.2) is 91.0 Å². The summed E-state index contributed by atoms with van der Waals surface area (Å²) in [7, 11) is 3.36. The molecule has 3 aromatic carbocycles. The van der Waals surface area contributed by atoms with Crippen LogP contribution in [-0.4, -0.2) is 10.2 Å². The third kappa shape index (κ3) is 12.1. The van der Waals surface area contributed by atoms with Crippen LogP contribution in [0.25, 0.3) is 10.8 Å². The van der Waals surface area contributed by atoms with Gasteiger partial charge in [0.25, 0.3) is 0 Å². The van der Waals surface area contributed by atoms with Crippen molar-refractivity contribution in [3.8, 4) is 0 Å². The van der Waals surface area contributed by atoms with Gasteiger partial charge in [-0.15, -0.1) is 60.9 Å². The van der Waals surface area contributed by atoms with Crippen LogP contribution < -0.4 is 5.19 Å². The normalized spacial score (nSPS) is 9.64. The van der Waals surface area contributed by atoms with E-state index >= 15 is 0 Å². The maximum Gasteiger partial charge on any atom is 3.00 e. The summed E-state index contributed by atoms with van der Waals surface area (Å²) in [6.07, 6.45) is 10.0. The van der Waals surface area contributed by atoms with Crippen molar-refractivity contribution in [2.75, 3.05) is 0 Å². The molecule has 0 heterocycles. The number of fused-ring (bicyclic) bond motifs is 1. The maximum atomic E-state index is 3.36. The summed E-state index contributed by atoms with van der Waals surface area (Å²) in [6, 6.07) is 24.6. The standard InChI is InChI=1S/C9H7.C6H5Si.C5H5.CH3.2ClH.Ti/c1-2-5-9-7-3-6-8(9)4-1;7-6-4-2-1-3-5-6;1-2-4-5-3-1;;;;/h1-7H;1-5H;1-3H,4H2;1H3;2*1H;/q-1;;2*-1;;;+3. The van der Waals surface area contributed by atoms with E-state index in [0.717, 1.165) is 11.6 Å². The third-order valence-corrected chi connectivity index (χ3v) is 3.24. The zero-order valence-corrected chi connectivity index (χ0v) is 18.4. The predicted octanol–water partition coefficient (Wildman–Crippen LogP) is 5.64. The number of hydrogen-bond donors (Lipinski definition) is 0. The Kier molecular flexibility index (Phi) is 20.6. The molecule has 0 bridgehead atoms. The molecule has 0 unspecified atom stereocenters. The fourth-order valence-corrected chi connectivity index (χ4v) is 2.04. The van der Waals surface area contributed by atoms with E-state index in [1.165, 1.54) is 10.8 Å². The van der Waals surface area contributed by atoms with Gasteiger partial charge in [0.1, 0.15) is 0 Å². The molecule has 1 aliphatic carbocycles. The molecule has 0 fully saturated rings. The molecule has 0 aromatic heterocycles. The Labute approximate surface area is 182 Å². The molecule has 25 heavy (non-hydrogen) atoms. The average molecular weight is 421 g/mol. The van der Waals surface area contributed by atoms with Gasteiger partial charge in [-0.1, -0.05) is 41.6 Å². The molecular weight excluding hydrogens is 399 g/mol. The van der Waals surface area contributed by atoms with Gasteiger partial charge < -0.3 is 7.43 Å². The number of halogens is 2. The molecule has 0 saturated carbocycles. The second-order valence-electron chi connectivity index (χ2n) is 4.52. The van der Waals surface area contributed by atoms with E-state index in [1.807, 2.05) is 42.5 Å². The predicted molar refractivity (Wildman–Crippen MR) is 114 cm³/mol. The summed E-state index contributed by atoms with van der Waals surface area (Å²) >= 11 is 0. The molecule has 128 valence electrons. The van der Waals surface area contributed by atoms with E-state index < -0.39 is 0 Å². The van der Waals surface area contributed by atoms with Crippen molar-refractivity contribution in [1.29, 1.82) is 0 Å². The summed E-state index contributed by atoms with van der Waals surface area (Å²) < 4.78 is 0. The second kappa shape index (κ2) is 17.9. The topological polar surface area (TPSA) is 0 Å². The average Bonchev–Trinajstić information content (AvgIpc) is 3.23. The zero-order valence-electron chi connectivity index (χ0n) is 14.2. The van der Waals surface area contributed by atoms with Crippen molar-refractivity contribution in [3.05, 3.63) is 105 Å². The van der Waals surface area contributed by atoms with E-state index in [4.69, 9.17) is 0 Å². The number of allylic oxidation sites excluding steroid dienone is 4. The summed E-state index contributed by atoms with van der Waals surface area (Å²) in [4.78, 5) is 0. The van der Waals surface area contributed by atoms with Crippen LogP contribution in [0.3, 0.4) is 0 Å². The van der Waals surface area contributed by atoms with Crippen LogP contribution in [0.5, 0.6) is 0 Å². The maximum absolute atomic E-state index is 3.36. The first-order valence-electron chi connectivity index (χ1n) is 6.95. The van der Waals surface area contributed by atoms with Crippen molar-refractivity contribution in [3.63, 3.8) is 0 Å². The largest absolute Gasteiger partial charge is 3.00 e. The van der Waals surface area contributed by atoms with Crippen LogP contribution in [0.4, 0.5) is 0 Å². The van der Waals surface area contributed by atoms with E-state index in [-0.39, 0.29) is 54.0 Å². The van der Waals surface area contributed by atoms with Crippen molar-refractivity contribution >= 4 is 51.0 Å². The number of hydrogen-bond acceptors (Lipinski definition) is 0. The van der Waals surface area contributed by atoms with Crippen LogP contribution in [0.2, 0.25) is 0 Å². The fourth-order valence-electron chi connectivity index (χ4n) is 1.85. The summed E-state index contributed by atoms with van der Waals surface area (Å²) in [5, 5.41) is 3.79. The molecule has 0 spiro atoms. The van der Waals surface area contributed by atoms with Gasteiger partial charge in [-0.3, -0.25) is 6.08 Å². The molecule has 3 aromatic rings. The molecule has 0 nitrogen and oxygen atoms in total. The molecule has 0 aliphatic heterocycles. The molecule has 1 aliphatic rings. The summed E-state index contributed by atoms with van der Waals surface area (Å²) in [5.41, 5.74) is 0. The molecule has 0 atom stereocenters. The Morgan fingerprint density at radius 1 is 0.880 bits per heavy atom. The first-order chi connectivity index (χ1) is 10.4. The van der Waals surface area contributed by atoms with Gasteiger partial charge in [0.05, 0.1) is 10.2 Å². The minimum Gasteiger partial charge on any atom is -0.358 e. The minimum atomic E-state index is 0. The first kappa shape index (κ1) is 28.8. The molecule has 4 rings (SSSR count). The smallest absolute Gasteiger partial charge is 0.358 e. The number of rotatable bonds is 0. The summed E-state index contributed by atoms with van der Waals surface area (Å²) in [5.74, 6) is 0. The van der Waals surface area contributed by atoms with Crippen molar-refractivity contribution in [2.45, 2.75) is 6.42 Å². The van der Waals surface area contributed by atoms with Crippen molar-refractivity contribution in [2.24, 2.45) is 0 Å². The molecule has 4 heteroatoms. The van der Waals surface area contributed by atoms with Gasteiger partial charge in [-0.2, -0.15) is 23.6 Å². The summed E-state index contributed by atoms with van der Waals surface area (Å²) in [6.45, 7) is 0. The quantitative estimate of drug-likeness (QED) is 0.326. The van der Waals surface area contributed by atoms with Gasteiger partial charge >= 0.3 is 21.7 Å². The Balaban J connectivity index is -0.000000278. The molecule has 0 amide bonds. The molecule has 0 saturated heterocycles. The SMILES string of the molecule is Cl.Cl.[C-]1=CC=CC1.[CH3-].[Si]c1ccccc1.[Ti+3].c1ccc2[cH-]ccc2c1. The Hall–Kier alpha value is -0.959. The van der Waals surface area contributed by atoms with Crippen LogP contribution in [0, 0.1) is 13.5 Å². The van der Waals surface area contributed by atoms with Gasteiger partial charge in [0, 0.05) is 0 Å². The first-order valence-corrected chi connectivity index (χ1v) is 7.45. The Bertz CT molecular complexity index is 666. The van der Waals surface area contributed by atoms with E-state index in [2.05, 4.69) is 64.9 Å². The monoisotopic (exact) mass is 420 g/mol. The fraction of sp³-hybridized carbons (Fsp3) is 0.0476.